The highest BCUT2D eigenvalue weighted by molar-refractivity contribution is 5.98. The van der Waals surface area contributed by atoms with Crippen LogP contribution in [0.15, 0.2) is 48.5 Å². The minimum Gasteiger partial charge on any atom is -0.330 e. The number of hydrogen-bond donors (Lipinski definition) is 0. The number of nitrogens with zero attached hydrogens (tertiary/aromatic N) is 2. The van der Waals surface area contributed by atoms with Crippen molar-refractivity contribution in [3.63, 3.8) is 0 Å². The van der Waals surface area contributed by atoms with Crippen molar-refractivity contribution in [1.82, 2.24) is 4.90 Å². The summed E-state index contributed by atoms with van der Waals surface area (Å²) >= 11 is 0. The van der Waals surface area contributed by atoms with E-state index in [0.29, 0.717) is 18.7 Å². The molecule has 0 unspecified atom stereocenters. The van der Waals surface area contributed by atoms with Crippen LogP contribution >= 0.6 is 0 Å². The Labute approximate surface area is 111 Å². The van der Waals surface area contributed by atoms with Crippen LogP contribution in [0.5, 0.6) is 0 Å². The van der Waals surface area contributed by atoms with E-state index in [-0.39, 0.29) is 5.91 Å². The maximum absolute atomic E-state index is 12.2. The van der Waals surface area contributed by atoms with Crippen LogP contribution in [-0.4, -0.2) is 10.8 Å². The Bertz CT molecular complexity index is 671. The predicted octanol–water partition coefficient (Wildman–Crippen LogP) is 2.71. The van der Waals surface area contributed by atoms with E-state index in [0.717, 1.165) is 16.7 Å². The highest BCUT2D eigenvalue weighted by Gasteiger charge is 2.27. The first-order valence-electron chi connectivity index (χ1n) is 6.14. The fourth-order valence-corrected chi connectivity index (χ4v) is 2.38. The molecule has 1 aliphatic heterocycles. The smallest absolute Gasteiger partial charge is 0.254 e. The highest BCUT2D eigenvalue weighted by atomic mass is 16.2. The topological polar surface area (TPSA) is 44.1 Å². The van der Waals surface area contributed by atoms with Gasteiger partial charge in [0.15, 0.2) is 0 Å². The summed E-state index contributed by atoms with van der Waals surface area (Å²) in [6, 6.07) is 17.3. The summed E-state index contributed by atoms with van der Waals surface area (Å²) in [6.45, 7) is 1.19. The van der Waals surface area contributed by atoms with E-state index in [1.807, 2.05) is 30.3 Å². The lowest BCUT2D eigenvalue weighted by atomic mass is 10.1. The maximum Gasteiger partial charge on any atom is 0.254 e. The fraction of sp³-hybridized carbons (Fsp3) is 0.125. The Morgan fingerprint density at radius 1 is 1.16 bits per heavy atom. The van der Waals surface area contributed by atoms with Gasteiger partial charge in [0.25, 0.3) is 5.91 Å². The summed E-state index contributed by atoms with van der Waals surface area (Å²) in [4.78, 5) is 14.1. The molecule has 0 saturated heterocycles. The molecule has 0 aromatic heterocycles. The number of hydrogen-bond acceptors (Lipinski definition) is 2. The lowest BCUT2D eigenvalue weighted by Gasteiger charge is -2.15. The van der Waals surface area contributed by atoms with Crippen LogP contribution < -0.4 is 0 Å². The minimum absolute atomic E-state index is 0.0448. The molecule has 0 bridgehead atoms. The second kappa shape index (κ2) is 4.58. The average Bonchev–Trinajstić information content (AvgIpc) is 2.76. The number of carbonyl (C=O) groups is 1. The molecule has 1 aliphatic rings. The van der Waals surface area contributed by atoms with Gasteiger partial charge in [-0.05, 0) is 29.3 Å². The van der Waals surface area contributed by atoms with Crippen molar-refractivity contribution in [3.05, 3.63) is 70.8 Å². The zero-order chi connectivity index (χ0) is 13.2. The number of fused-ring (bicyclic) bond motifs is 1. The number of rotatable bonds is 2. The zero-order valence-corrected chi connectivity index (χ0v) is 10.3. The molecular formula is C16H12N2O. The van der Waals surface area contributed by atoms with E-state index in [1.54, 1.807) is 23.1 Å². The van der Waals surface area contributed by atoms with Crippen LogP contribution in [0, 0.1) is 11.3 Å². The number of nitriles is 1. The third kappa shape index (κ3) is 2.09. The van der Waals surface area contributed by atoms with Gasteiger partial charge in [-0.1, -0.05) is 30.3 Å². The van der Waals surface area contributed by atoms with Crippen LogP contribution in [0.2, 0.25) is 0 Å². The summed E-state index contributed by atoms with van der Waals surface area (Å²) in [6.07, 6.45) is 0. The van der Waals surface area contributed by atoms with Crippen molar-refractivity contribution in [1.29, 1.82) is 5.26 Å². The summed E-state index contributed by atoms with van der Waals surface area (Å²) in [5.41, 5.74) is 3.38. The van der Waals surface area contributed by atoms with Gasteiger partial charge < -0.3 is 4.90 Å². The normalized spacial score (nSPS) is 13.2. The summed E-state index contributed by atoms with van der Waals surface area (Å²) < 4.78 is 0. The fourth-order valence-electron chi connectivity index (χ4n) is 2.38. The van der Waals surface area contributed by atoms with Gasteiger partial charge in [-0.2, -0.15) is 5.26 Å². The van der Waals surface area contributed by atoms with Gasteiger partial charge in [0.1, 0.15) is 0 Å². The van der Waals surface area contributed by atoms with E-state index in [1.165, 1.54) is 0 Å². The lowest BCUT2D eigenvalue weighted by Crippen LogP contribution is -2.23. The van der Waals surface area contributed by atoms with Crippen molar-refractivity contribution in [2.75, 3.05) is 0 Å². The average molecular weight is 248 g/mol. The Morgan fingerprint density at radius 3 is 2.68 bits per heavy atom. The van der Waals surface area contributed by atoms with E-state index < -0.39 is 0 Å². The molecule has 3 heteroatoms. The van der Waals surface area contributed by atoms with Gasteiger partial charge in [0.05, 0.1) is 11.6 Å². The molecule has 92 valence electrons. The largest absolute Gasteiger partial charge is 0.330 e. The second-order valence-corrected chi connectivity index (χ2v) is 4.63. The molecule has 3 rings (SSSR count). The Balaban J connectivity index is 1.85. The number of benzene rings is 2. The van der Waals surface area contributed by atoms with Gasteiger partial charge in [0, 0.05) is 18.7 Å². The number of amides is 1. The third-order valence-corrected chi connectivity index (χ3v) is 3.33. The van der Waals surface area contributed by atoms with Crippen LogP contribution in [0.4, 0.5) is 0 Å². The van der Waals surface area contributed by atoms with E-state index in [4.69, 9.17) is 5.26 Å². The van der Waals surface area contributed by atoms with Gasteiger partial charge in [0.2, 0.25) is 0 Å². The van der Waals surface area contributed by atoms with Gasteiger partial charge >= 0.3 is 0 Å². The summed E-state index contributed by atoms with van der Waals surface area (Å²) in [7, 11) is 0. The molecule has 0 atom stereocenters. The molecule has 0 fully saturated rings. The maximum atomic E-state index is 12.2. The first kappa shape index (κ1) is 11.5. The standard InChI is InChI=1S/C16H12N2O/c17-9-13-6-7-15-14(8-13)11-18(16(15)19)10-12-4-2-1-3-5-12/h1-8H,10-11H2. The van der Waals surface area contributed by atoms with Crippen molar-refractivity contribution in [2.24, 2.45) is 0 Å². The Kier molecular flexibility index (Phi) is 2.77. The molecule has 19 heavy (non-hydrogen) atoms. The van der Waals surface area contributed by atoms with E-state index in [2.05, 4.69) is 6.07 Å². The summed E-state index contributed by atoms with van der Waals surface area (Å²) in [5, 5.41) is 8.89. The molecule has 2 aromatic carbocycles. The molecule has 1 heterocycles. The van der Waals surface area contributed by atoms with E-state index in [9.17, 15) is 4.79 Å². The molecule has 0 aliphatic carbocycles. The predicted molar refractivity (Wildman–Crippen MR) is 71.2 cm³/mol. The van der Waals surface area contributed by atoms with Crippen LogP contribution in [0.3, 0.4) is 0 Å². The molecule has 0 N–H and O–H groups in total. The molecule has 2 aromatic rings. The molecule has 0 spiro atoms. The van der Waals surface area contributed by atoms with Crippen LogP contribution in [0.25, 0.3) is 0 Å². The monoisotopic (exact) mass is 248 g/mol. The van der Waals surface area contributed by atoms with Gasteiger partial charge in [-0.25, -0.2) is 0 Å². The first-order chi connectivity index (χ1) is 9.28. The zero-order valence-electron chi connectivity index (χ0n) is 10.3. The van der Waals surface area contributed by atoms with E-state index >= 15 is 0 Å². The SMILES string of the molecule is N#Cc1ccc2c(c1)CN(Cc1ccccc1)C2=O. The molecular weight excluding hydrogens is 236 g/mol. The molecule has 0 saturated carbocycles. The Morgan fingerprint density at radius 2 is 1.95 bits per heavy atom. The van der Waals surface area contributed by atoms with Crippen molar-refractivity contribution >= 4 is 5.91 Å². The second-order valence-electron chi connectivity index (χ2n) is 4.63. The van der Waals surface area contributed by atoms with Crippen molar-refractivity contribution in [2.45, 2.75) is 13.1 Å². The Hall–Kier alpha value is -2.60. The quantitative estimate of drug-likeness (QED) is 0.820. The van der Waals surface area contributed by atoms with Crippen molar-refractivity contribution in [3.8, 4) is 6.07 Å². The highest BCUT2D eigenvalue weighted by Crippen LogP contribution is 2.25. The first-order valence-corrected chi connectivity index (χ1v) is 6.14. The minimum atomic E-state index is 0.0448. The lowest BCUT2D eigenvalue weighted by molar-refractivity contribution is 0.0766. The van der Waals surface area contributed by atoms with Crippen molar-refractivity contribution < 1.29 is 4.79 Å². The summed E-state index contributed by atoms with van der Waals surface area (Å²) in [5.74, 6) is 0.0448. The molecule has 1 amide bonds. The molecule has 3 nitrogen and oxygen atoms in total. The molecule has 0 radical (unpaired) electrons. The van der Waals surface area contributed by atoms with Gasteiger partial charge in [-0.3, -0.25) is 4.79 Å². The third-order valence-electron chi connectivity index (χ3n) is 3.33. The van der Waals surface area contributed by atoms with Gasteiger partial charge in [-0.15, -0.1) is 0 Å². The number of carbonyl (C=O) groups excluding carboxylic acids is 1. The van der Waals surface area contributed by atoms with Crippen LogP contribution in [-0.2, 0) is 13.1 Å². The van der Waals surface area contributed by atoms with Crippen LogP contribution in [0.1, 0.15) is 27.0 Å².